The van der Waals surface area contributed by atoms with Gasteiger partial charge >= 0.3 is 206 Å². The molecule has 0 N–H and O–H groups in total. The summed E-state index contributed by atoms with van der Waals surface area (Å²) >= 11 is 0.364. The molecule has 0 aliphatic rings. The van der Waals surface area contributed by atoms with Crippen molar-refractivity contribution in [1.29, 1.82) is 0 Å². The van der Waals surface area contributed by atoms with Gasteiger partial charge in [0.25, 0.3) is 0 Å². The Labute approximate surface area is 205 Å². The molecule has 0 unspecified atom stereocenters. The van der Waals surface area contributed by atoms with E-state index >= 15 is 0 Å². The van der Waals surface area contributed by atoms with Crippen LogP contribution < -0.4 is 14.2 Å². The summed E-state index contributed by atoms with van der Waals surface area (Å²) in [4.78, 5) is 0.105. The van der Waals surface area contributed by atoms with E-state index in [0.29, 0.717) is 26.1 Å². The summed E-state index contributed by atoms with van der Waals surface area (Å²) < 4.78 is 50.4. The zero-order valence-electron chi connectivity index (χ0n) is 18.1. The first-order chi connectivity index (χ1) is 15.3. The third kappa shape index (κ3) is 5.56. The molecule has 3 aromatic carbocycles. The second-order valence-electron chi connectivity index (χ2n) is 6.68. The molecule has 0 saturated heterocycles. The van der Waals surface area contributed by atoms with Gasteiger partial charge in [0.1, 0.15) is 0 Å². The van der Waals surface area contributed by atoms with E-state index in [4.69, 9.17) is 16.7 Å². The van der Waals surface area contributed by atoms with Gasteiger partial charge in [-0.25, -0.2) is 0 Å². The van der Waals surface area contributed by atoms with Gasteiger partial charge < -0.3 is 0 Å². The second kappa shape index (κ2) is 10.9. The number of alkyl halides is 1. The number of rotatable bonds is 9. The quantitative estimate of drug-likeness (QED) is 0.220. The number of ether oxygens (including phenoxy) is 3. The van der Waals surface area contributed by atoms with Crippen molar-refractivity contribution in [1.82, 2.24) is 0 Å². The Kier molecular flexibility index (Phi) is 8.43. The molecule has 3 rings (SSSR count). The molecule has 0 radical (unpaired) electrons. The molecule has 32 heavy (non-hydrogen) atoms. The molecule has 0 aliphatic carbocycles. The fraction of sp³-hybridized carbons (Fsp3) is 0.217. The molecule has 0 fully saturated rings. The Morgan fingerprint density at radius 1 is 0.844 bits per heavy atom. The molecule has 6 nitrogen and oxygen atoms in total. The Balaban J connectivity index is 2.18. The van der Waals surface area contributed by atoms with Crippen LogP contribution in [-0.2, 0) is 18.0 Å². The van der Waals surface area contributed by atoms with Crippen molar-refractivity contribution in [2.75, 3.05) is 21.3 Å². The van der Waals surface area contributed by atoms with Gasteiger partial charge in [0.2, 0.25) is 0 Å². The van der Waals surface area contributed by atoms with Gasteiger partial charge in [0.05, 0.1) is 0 Å². The summed E-state index contributed by atoms with van der Waals surface area (Å²) in [5.74, 6) is 1.44. The van der Waals surface area contributed by atoms with Gasteiger partial charge in [0, 0.05) is 0 Å². The molecule has 3 aromatic rings. The Morgan fingerprint density at radius 3 is 1.88 bits per heavy atom. The average molecular weight is 635 g/mol. The van der Waals surface area contributed by atoms with E-state index in [0.717, 1.165) is 14.7 Å². The maximum absolute atomic E-state index is 13.2. The minimum atomic E-state index is -4.04. The number of benzene rings is 3. The topological polar surface area (TPSA) is 71.1 Å². The predicted octanol–water partition coefficient (Wildman–Crippen LogP) is 5.78. The molecule has 0 aromatic heterocycles. The molecular weight excluding hydrogens is 611 g/mol. The van der Waals surface area contributed by atoms with Gasteiger partial charge in [-0.3, -0.25) is 0 Å². The van der Waals surface area contributed by atoms with Crippen molar-refractivity contribution in [2.45, 2.75) is 17.1 Å². The summed E-state index contributed by atoms with van der Waals surface area (Å²) in [7, 11) is 0.552. The predicted molar refractivity (Wildman–Crippen MR) is 136 cm³/mol. The average Bonchev–Trinajstić information content (AvgIpc) is 2.82. The number of aryl methyl sites for hydroxylation is 1. The molecule has 0 amide bonds. The molecule has 0 bridgehead atoms. The summed E-state index contributed by atoms with van der Waals surface area (Å²) in [5, 5.41) is 0.694. The molecule has 0 atom stereocenters. The number of methoxy groups -OCH3 is 3. The zero-order chi connectivity index (χ0) is 23.3. The van der Waals surface area contributed by atoms with Crippen molar-refractivity contribution >= 4 is 46.3 Å². The van der Waals surface area contributed by atoms with Crippen LogP contribution in [0.4, 0.5) is 0 Å². The summed E-state index contributed by atoms with van der Waals surface area (Å²) in [5.41, 5.74) is 2.03. The first-order valence-electron chi connectivity index (χ1n) is 9.49. The Bertz CT molecular complexity index is 1140. The summed E-state index contributed by atoms with van der Waals surface area (Å²) in [6.07, 6.45) is 0. The van der Waals surface area contributed by atoms with E-state index in [9.17, 15) is 8.42 Å². The third-order valence-electron chi connectivity index (χ3n) is 4.55. The SMILES string of the molecule is COc1cc(OC)c(I(OS(=O)(=O)c2ccc(C)cc2)c2ccc(CBr)cc2)c(OC)c1. The van der Waals surface area contributed by atoms with Crippen LogP contribution in [0, 0.1) is 14.1 Å². The van der Waals surface area contributed by atoms with Crippen LogP contribution in [0.15, 0.2) is 65.6 Å². The Hall–Kier alpha value is -1.82. The van der Waals surface area contributed by atoms with Crippen LogP contribution in [-0.4, -0.2) is 29.7 Å². The maximum atomic E-state index is 13.2. The van der Waals surface area contributed by atoms with Gasteiger partial charge in [-0.05, 0) is 0 Å². The monoisotopic (exact) mass is 634 g/mol. The van der Waals surface area contributed by atoms with Crippen molar-refractivity contribution in [2.24, 2.45) is 0 Å². The van der Waals surface area contributed by atoms with Crippen molar-refractivity contribution < 1.29 is 25.1 Å². The minimum absolute atomic E-state index is 0.105. The molecular formula is C23H24BrIO6S. The Morgan fingerprint density at radius 2 is 1.41 bits per heavy atom. The van der Waals surface area contributed by atoms with Crippen molar-refractivity contribution in [3.05, 3.63) is 78.9 Å². The number of hydrogen-bond acceptors (Lipinski definition) is 6. The molecule has 0 heterocycles. The van der Waals surface area contributed by atoms with Gasteiger partial charge in [0.15, 0.2) is 0 Å². The number of hydrogen-bond donors (Lipinski definition) is 0. The standard InChI is InChI=1S/C23H24BrIO6S/c1-16-5-11-20(12-6-16)32(26,27)31-25(18-9-7-17(15-24)8-10-18)23-21(29-3)13-19(28-2)14-22(23)30-4/h5-14H,15H2,1-4H3. The van der Waals surface area contributed by atoms with E-state index in [-0.39, 0.29) is 4.90 Å². The van der Waals surface area contributed by atoms with Crippen LogP contribution in [0.1, 0.15) is 11.1 Å². The normalized spacial score (nSPS) is 11.7. The zero-order valence-corrected chi connectivity index (χ0v) is 22.7. The van der Waals surface area contributed by atoms with Crippen LogP contribution in [0.25, 0.3) is 0 Å². The van der Waals surface area contributed by atoms with Crippen LogP contribution in [0.5, 0.6) is 17.2 Å². The van der Waals surface area contributed by atoms with Crippen molar-refractivity contribution in [3.8, 4) is 17.2 Å². The van der Waals surface area contributed by atoms with E-state index in [2.05, 4.69) is 15.9 Å². The summed E-state index contributed by atoms with van der Waals surface area (Å²) in [6.45, 7) is 1.90. The van der Waals surface area contributed by atoms with E-state index in [1.165, 1.54) is 14.2 Å². The van der Waals surface area contributed by atoms with Gasteiger partial charge in [-0.1, -0.05) is 0 Å². The molecule has 9 heteroatoms. The first-order valence-corrected chi connectivity index (χ1v) is 15.1. The van der Waals surface area contributed by atoms with Crippen LogP contribution in [0.3, 0.4) is 0 Å². The molecule has 0 aliphatic heterocycles. The van der Waals surface area contributed by atoms with Crippen molar-refractivity contribution in [3.63, 3.8) is 0 Å². The molecule has 172 valence electrons. The fourth-order valence-corrected chi connectivity index (χ4v) is 10.6. The second-order valence-corrected chi connectivity index (χ2v) is 13.6. The summed E-state index contributed by atoms with van der Waals surface area (Å²) in [6, 6.07) is 17.7. The van der Waals surface area contributed by atoms with E-state index < -0.39 is 30.4 Å². The van der Waals surface area contributed by atoms with Crippen LogP contribution >= 0.6 is 36.2 Å². The first kappa shape index (κ1) is 24.8. The number of halogens is 2. The fourth-order valence-electron chi connectivity index (χ4n) is 2.82. The van der Waals surface area contributed by atoms with Gasteiger partial charge in [-0.15, -0.1) is 0 Å². The van der Waals surface area contributed by atoms with Gasteiger partial charge in [-0.2, -0.15) is 0 Å². The van der Waals surface area contributed by atoms with E-state index in [1.54, 1.807) is 43.5 Å². The molecule has 0 saturated carbocycles. The van der Waals surface area contributed by atoms with E-state index in [1.807, 2.05) is 31.2 Å². The molecule has 0 spiro atoms. The third-order valence-corrected chi connectivity index (χ3v) is 12.7. The van der Waals surface area contributed by atoms with Crippen LogP contribution in [0.2, 0.25) is 0 Å².